The number of nitrogens with one attached hydrogen (secondary N) is 2. The molecule has 1 aliphatic heterocycles. The lowest BCUT2D eigenvalue weighted by Gasteiger charge is -2.14. The summed E-state index contributed by atoms with van der Waals surface area (Å²) in [6.45, 7) is 1.84. The zero-order valence-corrected chi connectivity index (χ0v) is 15.0. The SMILES string of the molecule is Cc1c(C(=O)OCC(=O)N[C@@H]2CCCCNC2=O)oc2ccc(Cl)cc12. The summed E-state index contributed by atoms with van der Waals surface area (Å²) in [4.78, 5) is 36.0. The van der Waals surface area contributed by atoms with Gasteiger partial charge in [0.15, 0.2) is 6.61 Å². The number of esters is 1. The number of furan rings is 1. The van der Waals surface area contributed by atoms with Crippen molar-refractivity contribution < 1.29 is 23.5 Å². The summed E-state index contributed by atoms with van der Waals surface area (Å²) in [5.41, 5.74) is 1.11. The van der Waals surface area contributed by atoms with Crippen LogP contribution in [0.25, 0.3) is 11.0 Å². The van der Waals surface area contributed by atoms with E-state index in [1.807, 2.05) is 0 Å². The lowest BCUT2D eigenvalue weighted by molar-refractivity contribution is -0.130. The molecule has 1 atom stereocenters. The third-order valence-electron chi connectivity index (χ3n) is 4.29. The molecule has 8 heteroatoms. The standard InChI is InChI=1S/C18H19ClN2O5/c1-10-12-8-11(19)5-6-14(12)26-16(10)18(24)25-9-15(22)21-13-4-2-3-7-20-17(13)23/h5-6,8,13H,2-4,7,9H2,1H3,(H,20,23)(H,21,22)/t13-/m1/s1. The zero-order chi connectivity index (χ0) is 18.7. The van der Waals surface area contributed by atoms with Crippen molar-refractivity contribution in [1.82, 2.24) is 10.6 Å². The summed E-state index contributed by atoms with van der Waals surface area (Å²) in [5, 5.41) is 6.56. The third kappa shape index (κ3) is 3.99. The second-order valence-corrected chi connectivity index (χ2v) is 6.62. The van der Waals surface area contributed by atoms with E-state index in [0.29, 0.717) is 34.5 Å². The van der Waals surface area contributed by atoms with Crippen molar-refractivity contribution in [3.8, 4) is 0 Å². The van der Waals surface area contributed by atoms with Gasteiger partial charge in [0.2, 0.25) is 11.7 Å². The number of amides is 2. The van der Waals surface area contributed by atoms with E-state index in [-0.39, 0.29) is 11.7 Å². The first-order valence-corrected chi connectivity index (χ1v) is 8.76. The molecule has 2 N–H and O–H groups in total. The van der Waals surface area contributed by atoms with Gasteiger partial charge in [-0.25, -0.2) is 4.79 Å². The van der Waals surface area contributed by atoms with Crippen molar-refractivity contribution >= 4 is 40.4 Å². The number of rotatable bonds is 4. The zero-order valence-electron chi connectivity index (χ0n) is 14.3. The molecule has 1 aliphatic rings. The Morgan fingerprint density at radius 1 is 1.38 bits per heavy atom. The molecule has 138 valence electrons. The van der Waals surface area contributed by atoms with Crippen LogP contribution in [0.1, 0.15) is 35.4 Å². The highest BCUT2D eigenvalue weighted by Gasteiger charge is 2.24. The highest BCUT2D eigenvalue weighted by molar-refractivity contribution is 6.31. The minimum Gasteiger partial charge on any atom is -0.450 e. The Bertz CT molecular complexity index is 861. The van der Waals surface area contributed by atoms with Crippen molar-refractivity contribution in [3.05, 3.63) is 34.5 Å². The Hall–Kier alpha value is -2.54. The first-order valence-electron chi connectivity index (χ1n) is 8.38. The summed E-state index contributed by atoms with van der Waals surface area (Å²) in [5.74, 6) is -1.46. The molecule has 7 nitrogen and oxygen atoms in total. The average molecular weight is 379 g/mol. The second kappa shape index (κ2) is 7.78. The molecule has 0 radical (unpaired) electrons. The lowest BCUT2D eigenvalue weighted by atomic mass is 10.1. The number of halogens is 1. The van der Waals surface area contributed by atoms with Gasteiger partial charge < -0.3 is 19.8 Å². The molecule has 1 aromatic heterocycles. The van der Waals surface area contributed by atoms with Crippen LogP contribution in [0.15, 0.2) is 22.6 Å². The molecule has 2 aromatic rings. The Morgan fingerprint density at radius 2 is 2.19 bits per heavy atom. The molecule has 0 saturated carbocycles. The first kappa shape index (κ1) is 18.3. The predicted molar refractivity (Wildman–Crippen MR) is 95.0 cm³/mol. The molecule has 2 amide bonds. The summed E-state index contributed by atoms with van der Waals surface area (Å²) < 4.78 is 10.5. The van der Waals surface area contributed by atoms with Crippen LogP contribution in [0.5, 0.6) is 0 Å². The smallest absolute Gasteiger partial charge is 0.375 e. The van der Waals surface area contributed by atoms with Crippen LogP contribution in [0.4, 0.5) is 0 Å². The number of carbonyl (C=O) groups is 3. The van der Waals surface area contributed by atoms with Gasteiger partial charge in [-0.15, -0.1) is 0 Å². The molecule has 0 unspecified atom stereocenters. The average Bonchev–Trinajstić information content (AvgIpc) is 2.80. The molecule has 3 rings (SSSR count). The molecular formula is C18H19ClN2O5. The van der Waals surface area contributed by atoms with E-state index < -0.39 is 24.5 Å². The number of carbonyl (C=O) groups excluding carboxylic acids is 3. The molecule has 0 aliphatic carbocycles. The number of aryl methyl sites for hydroxylation is 1. The van der Waals surface area contributed by atoms with E-state index in [1.54, 1.807) is 25.1 Å². The summed E-state index contributed by atoms with van der Waals surface area (Å²) in [7, 11) is 0. The van der Waals surface area contributed by atoms with Gasteiger partial charge >= 0.3 is 5.97 Å². The monoisotopic (exact) mass is 378 g/mol. The highest BCUT2D eigenvalue weighted by atomic mass is 35.5. The van der Waals surface area contributed by atoms with Crippen LogP contribution >= 0.6 is 11.6 Å². The number of benzene rings is 1. The molecule has 1 fully saturated rings. The number of fused-ring (bicyclic) bond motifs is 1. The number of ether oxygens (including phenoxy) is 1. The van der Waals surface area contributed by atoms with E-state index in [9.17, 15) is 14.4 Å². The maximum absolute atomic E-state index is 12.2. The third-order valence-corrected chi connectivity index (χ3v) is 4.52. The normalized spacial score (nSPS) is 17.5. The number of hydrogen-bond acceptors (Lipinski definition) is 5. The summed E-state index contributed by atoms with van der Waals surface area (Å²) >= 11 is 5.95. The Morgan fingerprint density at radius 3 is 3.00 bits per heavy atom. The van der Waals surface area contributed by atoms with Gasteiger partial charge in [0.1, 0.15) is 11.6 Å². The van der Waals surface area contributed by atoms with Crippen LogP contribution in [0.3, 0.4) is 0 Å². The van der Waals surface area contributed by atoms with Crippen molar-refractivity contribution in [3.63, 3.8) is 0 Å². The molecule has 2 heterocycles. The van der Waals surface area contributed by atoms with Gasteiger partial charge in [-0.3, -0.25) is 9.59 Å². The Kier molecular flexibility index (Phi) is 5.46. The van der Waals surface area contributed by atoms with E-state index in [0.717, 1.165) is 12.8 Å². The van der Waals surface area contributed by atoms with Crippen LogP contribution in [0, 0.1) is 6.92 Å². The minimum absolute atomic E-state index is 0.0299. The molecular weight excluding hydrogens is 360 g/mol. The Balaban J connectivity index is 1.61. The second-order valence-electron chi connectivity index (χ2n) is 6.18. The summed E-state index contributed by atoms with van der Waals surface area (Å²) in [6, 6.07) is 4.43. The largest absolute Gasteiger partial charge is 0.450 e. The van der Waals surface area contributed by atoms with E-state index in [1.165, 1.54) is 0 Å². The molecule has 1 saturated heterocycles. The van der Waals surface area contributed by atoms with Gasteiger partial charge in [0, 0.05) is 22.5 Å². The van der Waals surface area contributed by atoms with Crippen molar-refractivity contribution in [2.45, 2.75) is 32.2 Å². The van der Waals surface area contributed by atoms with Crippen LogP contribution in [-0.2, 0) is 14.3 Å². The fourth-order valence-corrected chi connectivity index (χ4v) is 3.07. The first-order chi connectivity index (χ1) is 12.5. The summed E-state index contributed by atoms with van der Waals surface area (Å²) in [6.07, 6.45) is 2.28. The van der Waals surface area contributed by atoms with E-state index >= 15 is 0 Å². The molecule has 26 heavy (non-hydrogen) atoms. The Labute approximate surface area is 155 Å². The van der Waals surface area contributed by atoms with Crippen LogP contribution in [-0.4, -0.2) is 37.0 Å². The van der Waals surface area contributed by atoms with E-state index in [2.05, 4.69) is 10.6 Å². The minimum atomic E-state index is -0.740. The van der Waals surface area contributed by atoms with Gasteiger partial charge in [-0.2, -0.15) is 0 Å². The quantitative estimate of drug-likeness (QED) is 0.796. The fourth-order valence-electron chi connectivity index (χ4n) is 2.90. The fraction of sp³-hybridized carbons (Fsp3) is 0.389. The topological polar surface area (TPSA) is 97.6 Å². The van der Waals surface area contributed by atoms with E-state index in [4.69, 9.17) is 20.8 Å². The van der Waals surface area contributed by atoms with Crippen molar-refractivity contribution in [1.29, 1.82) is 0 Å². The van der Waals surface area contributed by atoms with Gasteiger partial charge in [0.25, 0.3) is 5.91 Å². The van der Waals surface area contributed by atoms with Gasteiger partial charge in [-0.05, 0) is 44.4 Å². The van der Waals surface area contributed by atoms with Gasteiger partial charge in [0.05, 0.1) is 0 Å². The maximum atomic E-state index is 12.2. The maximum Gasteiger partial charge on any atom is 0.375 e. The van der Waals surface area contributed by atoms with Crippen molar-refractivity contribution in [2.75, 3.05) is 13.2 Å². The predicted octanol–water partition coefficient (Wildman–Crippen LogP) is 2.34. The molecule has 0 bridgehead atoms. The molecule has 0 spiro atoms. The highest BCUT2D eigenvalue weighted by Crippen LogP contribution is 2.28. The lowest BCUT2D eigenvalue weighted by Crippen LogP contribution is -2.46. The molecule has 1 aromatic carbocycles. The van der Waals surface area contributed by atoms with Crippen LogP contribution in [0.2, 0.25) is 5.02 Å². The number of hydrogen-bond donors (Lipinski definition) is 2. The van der Waals surface area contributed by atoms with Crippen LogP contribution < -0.4 is 10.6 Å². The van der Waals surface area contributed by atoms with Crippen molar-refractivity contribution in [2.24, 2.45) is 0 Å². The van der Waals surface area contributed by atoms with Gasteiger partial charge in [-0.1, -0.05) is 11.6 Å².